The number of carbonyl (C=O) groups is 2. The minimum absolute atomic E-state index is 0. The first-order valence-electron chi connectivity index (χ1n) is 9.32. The van der Waals surface area contributed by atoms with Gasteiger partial charge in [0.1, 0.15) is 0 Å². The van der Waals surface area contributed by atoms with Gasteiger partial charge in [-0.2, -0.15) is 0 Å². The molecule has 0 bridgehead atoms. The number of carbonyl (C=O) groups excluding carboxylic acids is 2. The molecule has 1 aliphatic rings. The Morgan fingerprint density at radius 2 is 1.69 bits per heavy atom. The third kappa shape index (κ3) is 4.98. The molecule has 146 valence electrons. The Morgan fingerprint density at radius 1 is 1.15 bits per heavy atom. The number of rotatable bonds is 6. The molecule has 1 aromatic carbocycles. The molecule has 1 fully saturated rings. The number of nitrogens with two attached hydrogens (primary N) is 1. The fourth-order valence-electron chi connectivity index (χ4n) is 3.40. The lowest BCUT2D eigenvalue weighted by molar-refractivity contribution is -0.132. The van der Waals surface area contributed by atoms with Crippen molar-refractivity contribution in [3.05, 3.63) is 35.4 Å². The molecule has 1 aromatic rings. The number of nitrogens with zero attached hydrogens (tertiary/aromatic N) is 1. The van der Waals surface area contributed by atoms with Gasteiger partial charge in [-0.1, -0.05) is 31.5 Å². The molecule has 0 aromatic heterocycles. The molecule has 1 heterocycles. The summed E-state index contributed by atoms with van der Waals surface area (Å²) in [6.45, 7) is 7.75. The zero-order valence-corrected chi connectivity index (χ0v) is 16.9. The number of amides is 2. The van der Waals surface area contributed by atoms with Crippen LogP contribution in [0.4, 0.5) is 0 Å². The summed E-state index contributed by atoms with van der Waals surface area (Å²) in [6, 6.07) is 7.80. The molecule has 0 saturated carbocycles. The summed E-state index contributed by atoms with van der Waals surface area (Å²) in [6.07, 6.45) is 3.07. The van der Waals surface area contributed by atoms with E-state index in [1.54, 1.807) is 0 Å². The predicted octanol–water partition coefficient (Wildman–Crippen LogP) is 2.90. The van der Waals surface area contributed by atoms with E-state index in [0.29, 0.717) is 19.6 Å². The van der Waals surface area contributed by atoms with Crippen LogP contribution in [0.2, 0.25) is 0 Å². The first kappa shape index (κ1) is 22.5. The molecule has 0 atom stereocenters. The predicted molar refractivity (Wildman–Crippen MR) is 108 cm³/mol. The Labute approximate surface area is 163 Å². The molecule has 0 radical (unpaired) electrons. The van der Waals surface area contributed by atoms with Gasteiger partial charge in [0.2, 0.25) is 5.91 Å². The van der Waals surface area contributed by atoms with Crippen molar-refractivity contribution in [3.8, 4) is 0 Å². The number of piperidine rings is 1. The van der Waals surface area contributed by atoms with E-state index < -0.39 is 5.41 Å². The summed E-state index contributed by atoms with van der Waals surface area (Å²) in [4.78, 5) is 27.1. The normalized spacial score (nSPS) is 15.3. The molecular weight excluding hydrogens is 350 g/mol. The van der Waals surface area contributed by atoms with Crippen molar-refractivity contribution in [2.24, 2.45) is 11.1 Å². The average molecular weight is 382 g/mol. The van der Waals surface area contributed by atoms with Gasteiger partial charge >= 0.3 is 0 Å². The maximum Gasteiger partial charge on any atom is 0.253 e. The van der Waals surface area contributed by atoms with Crippen LogP contribution >= 0.6 is 12.4 Å². The second-order valence-corrected chi connectivity index (χ2v) is 7.10. The Morgan fingerprint density at radius 3 is 2.15 bits per heavy atom. The number of likely N-dealkylation sites (tertiary alicyclic amines) is 1. The SMILES string of the molecule is CCC(CC)(CN)C(=O)NC1CCN(C(=O)c2ccc(C)cc2)CC1.Cl. The summed E-state index contributed by atoms with van der Waals surface area (Å²) in [5.74, 6) is 0.131. The highest BCUT2D eigenvalue weighted by atomic mass is 35.5. The molecule has 0 aliphatic carbocycles. The lowest BCUT2D eigenvalue weighted by atomic mass is 9.81. The van der Waals surface area contributed by atoms with E-state index in [0.717, 1.165) is 36.8 Å². The molecule has 6 heteroatoms. The van der Waals surface area contributed by atoms with Crippen LogP contribution in [0.25, 0.3) is 0 Å². The third-order valence-corrected chi connectivity index (χ3v) is 5.64. The lowest BCUT2D eigenvalue weighted by Crippen LogP contribution is -2.52. The van der Waals surface area contributed by atoms with Gasteiger partial charge in [-0.05, 0) is 44.7 Å². The molecule has 1 saturated heterocycles. The van der Waals surface area contributed by atoms with E-state index in [2.05, 4.69) is 5.32 Å². The lowest BCUT2D eigenvalue weighted by Gasteiger charge is -2.35. The van der Waals surface area contributed by atoms with Gasteiger partial charge in [0, 0.05) is 31.2 Å². The van der Waals surface area contributed by atoms with E-state index in [4.69, 9.17) is 5.73 Å². The number of benzene rings is 1. The van der Waals surface area contributed by atoms with E-state index in [1.807, 2.05) is 49.9 Å². The van der Waals surface area contributed by atoms with Gasteiger partial charge in [0.15, 0.2) is 0 Å². The molecule has 2 rings (SSSR count). The Bertz CT molecular complexity index is 583. The summed E-state index contributed by atoms with van der Waals surface area (Å²) in [5, 5.41) is 3.16. The quantitative estimate of drug-likeness (QED) is 0.795. The van der Waals surface area contributed by atoms with Crippen LogP contribution < -0.4 is 11.1 Å². The van der Waals surface area contributed by atoms with Crippen molar-refractivity contribution in [1.29, 1.82) is 0 Å². The summed E-state index contributed by atoms with van der Waals surface area (Å²) < 4.78 is 0. The van der Waals surface area contributed by atoms with Crippen LogP contribution in [0, 0.1) is 12.3 Å². The fourth-order valence-corrected chi connectivity index (χ4v) is 3.40. The van der Waals surface area contributed by atoms with Crippen LogP contribution in [-0.4, -0.2) is 42.4 Å². The highest BCUT2D eigenvalue weighted by molar-refractivity contribution is 5.94. The van der Waals surface area contributed by atoms with E-state index in [9.17, 15) is 9.59 Å². The zero-order chi connectivity index (χ0) is 18.4. The third-order valence-electron chi connectivity index (χ3n) is 5.64. The van der Waals surface area contributed by atoms with E-state index in [1.165, 1.54) is 0 Å². The van der Waals surface area contributed by atoms with Crippen LogP contribution in [0.5, 0.6) is 0 Å². The van der Waals surface area contributed by atoms with Crippen molar-refractivity contribution in [2.75, 3.05) is 19.6 Å². The number of hydrogen-bond donors (Lipinski definition) is 2. The Balaban J connectivity index is 0.00000338. The van der Waals surface area contributed by atoms with Crippen molar-refractivity contribution in [2.45, 2.75) is 52.5 Å². The molecule has 5 nitrogen and oxygen atoms in total. The molecule has 1 aliphatic heterocycles. The fraction of sp³-hybridized carbons (Fsp3) is 0.600. The van der Waals surface area contributed by atoms with Crippen LogP contribution in [0.15, 0.2) is 24.3 Å². The van der Waals surface area contributed by atoms with Crippen molar-refractivity contribution in [1.82, 2.24) is 10.2 Å². The second-order valence-electron chi connectivity index (χ2n) is 7.10. The molecule has 3 N–H and O–H groups in total. The highest BCUT2D eigenvalue weighted by Gasteiger charge is 2.35. The van der Waals surface area contributed by atoms with Crippen molar-refractivity contribution in [3.63, 3.8) is 0 Å². The van der Waals surface area contributed by atoms with Gasteiger partial charge in [-0.25, -0.2) is 0 Å². The van der Waals surface area contributed by atoms with Gasteiger partial charge in [-0.15, -0.1) is 12.4 Å². The van der Waals surface area contributed by atoms with Gasteiger partial charge in [-0.3, -0.25) is 9.59 Å². The molecule has 2 amide bonds. The maximum absolute atomic E-state index is 12.6. The largest absolute Gasteiger partial charge is 0.353 e. The molecular formula is C20H32ClN3O2. The van der Waals surface area contributed by atoms with Crippen molar-refractivity contribution >= 4 is 24.2 Å². The van der Waals surface area contributed by atoms with Crippen LogP contribution in [-0.2, 0) is 4.79 Å². The summed E-state index contributed by atoms with van der Waals surface area (Å²) in [5.41, 5.74) is 7.27. The van der Waals surface area contributed by atoms with E-state index in [-0.39, 0.29) is 30.3 Å². The molecule has 0 spiro atoms. The maximum atomic E-state index is 12.6. The zero-order valence-electron chi connectivity index (χ0n) is 16.1. The monoisotopic (exact) mass is 381 g/mol. The van der Waals surface area contributed by atoms with Gasteiger partial charge in [0.05, 0.1) is 5.41 Å². The smallest absolute Gasteiger partial charge is 0.253 e. The standard InChI is InChI=1S/C20H31N3O2.ClH/c1-4-20(5-2,14-21)19(25)22-17-10-12-23(13-11-17)18(24)16-8-6-15(3)7-9-16;/h6-9,17H,4-5,10-14,21H2,1-3H3,(H,22,25);1H. The molecule has 26 heavy (non-hydrogen) atoms. The Kier molecular flexibility index (Phi) is 8.57. The summed E-state index contributed by atoms with van der Waals surface area (Å²) >= 11 is 0. The average Bonchev–Trinajstić information content (AvgIpc) is 2.64. The minimum atomic E-state index is -0.463. The second kappa shape index (κ2) is 9.93. The van der Waals surface area contributed by atoms with Crippen LogP contribution in [0.1, 0.15) is 55.5 Å². The Hall–Kier alpha value is -1.59. The van der Waals surface area contributed by atoms with E-state index >= 15 is 0 Å². The number of hydrogen-bond acceptors (Lipinski definition) is 3. The summed E-state index contributed by atoms with van der Waals surface area (Å²) in [7, 11) is 0. The number of aryl methyl sites for hydroxylation is 1. The first-order chi connectivity index (χ1) is 12.0. The van der Waals surface area contributed by atoms with Crippen LogP contribution in [0.3, 0.4) is 0 Å². The topological polar surface area (TPSA) is 75.4 Å². The first-order valence-corrected chi connectivity index (χ1v) is 9.32. The number of nitrogens with one attached hydrogen (secondary N) is 1. The van der Waals surface area contributed by atoms with Gasteiger partial charge < -0.3 is 16.0 Å². The van der Waals surface area contributed by atoms with Crippen molar-refractivity contribution < 1.29 is 9.59 Å². The number of halogens is 1. The highest BCUT2D eigenvalue weighted by Crippen LogP contribution is 2.26. The minimum Gasteiger partial charge on any atom is -0.353 e. The van der Waals surface area contributed by atoms with Gasteiger partial charge in [0.25, 0.3) is 5.91 Å². The molecule has 0 unspecified atom stereocenters.